The molecule has 4 heteroatoms. The second-order valence-corrected chi connectivity index (χ2v) is 5.65. The highest BCUT2D eigenvalue weighted by Gasteiger charge is 2.26. The van der Waals surface area contributed by atoms with Crippen molar-refractivity contribution in [2.45, 2.75) is 19.3 Å². The normalized spacial score (nSPS) is 18.8. The van der Waals surface area contributed by atoms with E-state index < -0.39 is 6.09 Å². The molecule has 1 aromatic carbocycles. The number of hydrogen-bond donors (Lipinski definition) is 1. The van der Waals surface area contributed by atoms with Gasteiger partial charge in [-0.25, -0.2) is 4.79 Å². The SMILES string of the molecule is C=CC1=C(N(C)C(=O)O)/C(=C/N2CCc3ccccc32)CC1. The Hall–Kier alpha value is -2.49. The molecule has 0 fully saturated rings. The molecule has 114 valence electrons. The second kappa shape index (κ2) is 5.72. The van der Waals surface area contributed by atoms with Gasteiger partial charge in [-0.1, -0.05) is 30.9 Å². The first-order chi connectivity index (χ1) is 10.6. The lowest BCUT2D eigenvalue weighted by atomic mass is 10.1. The Bertz CT molecular complexity index is 688. The molecule has 1 aliphatic heterocycles. The fourth-order valence-corrected chi connectivity index (χ4v) is 3.25. The number of rotatable bonds is 3. The number of anilines is 1. The minimum atomic E-state index is -0.941. The Labute approximate surface area is 130 Å². The fourth-order valence-electron chi connectivity index (χ4n) is 3.25. The van der Waals surface area contributed by atoms with Crippen molar-refractivity contribution < 1.29 is 9.90 Å². The van der Waals surface area contributed by atoms with Crippen LogP contribution >= 0.6 is 0 Å². The lowest BCUT2D eigenvalue weighted by Crippen LogP contribution is -2.25. The zero-order valence-electron chi connectivity index (χ0n) is 12.7. The van der Waals surface area contributed by atoms with Gasteiger partial charge in [0, 0.05) is 25.5 Å². The van der Waals surface area contributed by atoms with E-state index >= 15 is 0 Å². The highest BCUT2D eigenvalue weighted by Crippen LogP contribution is 2.36. The van der Waals surface area contributed by atoms with Crippen LogP contribution in [0.4, 0.5) is 10.5 Å². The molecule has 0 saturated heterocycles. The van der Waals surface area contributed by atoms with Gasteiger partial charge in [0.05, 0.1) is 5.70 Å². The number of para-hydroxylation sites is 1. The molecule has 1 heterocycles. The van der Waals surface area contributed by atoms with Gasteiger partial charge in [0.15, 0.2) is 0 Å². The molecule has 0 unspecified atom stereocenters. The van der Waals surface area contributed by atoms with E-state index in [0.29, 0.717) is 0 Å². The van der Waals surface area contributed by atoms with Gasteiger partial charge in [-0.3, -0.25) is 4.90 Å². The Morgan fingerprint density at radius 2 is 2.09 bits per heavy atom. The van der Waals surface area contributed by atoms with Gasteiger partial charge in [-0.2, -0.15) is 0 Å². The maximum absolute atomic E-state index is 11.3. The predicted octanol–water partition coefficient (Wildman–Crippen LogP) is 3.78. The smallest absolute Gasteiger partial charge is 0.411 e. The van der Waals surface area contributed by atoms with Gasteiger partial charge in [-0.05, 0) is 42.0 Å². The van der Waals surface area contributed by atoms with E-state index in [2.05, 4.69) is 35.9 Å². The standard InChI is InChI=1S/C18H20N2O2/c1-3-13-8-9-15(17(13)19(2)18(21)22)12-20-11-10-14-6-4-5-7-16(14)20/h3-7,12H,1,8-11H2,2H3,(H,21,22)/b15-12+. The summed E-state index contributed by atoms with van der Waals surface area (Å²) in [6, 6.07) is 8.37. The number of nitrogens with zero attached hydrogens (tertiary/aromatic N) is 2. The lowest BCUT2D eigenvalue weighted by molar-refractivity contribution is 0.167. The Kier molecular flexibility index (Phi) is 3.75. The van der Waals surface area contributed by atoms with E-state index in [0.717, 1.165) is 42.7 Å². The molecular formula is C18H20N2O2. The third-order valence-corrected chi connectivity index (χ3v) is 4.38. The Morgan fingerprint density at radius 1 is 1.32 bits per heavy atom. The number of carbonyl (C=O) groups is 1. The van der Waals surface area contributed by atoms with Crippen molar-refractivity contribution in [3.8, 4) is 0 Å². The van der Waals surface area contributed by atoms with E-state index in [-0.39, 0.29) is 0 Å². The summed E-state index contributed by atoms with van der Waals surface area (Å²) in [4.78, 5) is 14.9. The van der Waals surface area contributed by atoms with Crippen molar-refractivity contribution in [1.82, 2.24) is 4.90 Å². The van der Waals surface area contributed by atoms with Gasteiger partial charge in [0.2, 0.25) is 0 Å². The number of likely N-dealkylation sites (N-methyl/N-ethyl adjacent to an activating group) is 1. The van der Waals surface area contributed by atoms with Gasteiger partial charge in [0.1, 0.15) is 0 Å². The summed E-state index contributed by atoms with van der Waals surface area (Å²) in [7, 11) is 1.60. The van der Waals surface area contributed by atoms with Crippen LogP contribution in [-0.4, -0.2) is 29.7 Å². The Morgan fingerprint density at radius 3 is 2.82 bits per heavy atom. The number of carboxylic acid groups (broad SMARTS) is 1. The van der Waals surface area contributed by atoms with Crippen LogP contribution in [0.3, 0.4) is 0 Å². The van der Waals surface area contributed by atoms with E-state index in [1.165, 1.54) is 16.2 Å². The molecule has 1 aromatic rings. The van der Waals surface area contributed by atoms with Gasteiger partial charge in [0.25, 0.3) is 0 Å². The van der Waals surface area contributed by atoms with E-state index in [1.807, 2.05) is 6.07 Å². The lowest BCUT2D eigenvalue weighted by Gasteiger charge is -2.21. The molecule has 3 rings (SSSR count). The molecular weight excluding hydrogens is 276 g/mol. The summed E-state index contributed by atoms with van der Waals surface area (Å²) in [5, 5.41) is 9.31. The summed E-state index contributed by atoms with van der Waals surface area (Å²) >= 11 is 0. The Balaban J connectivity index is 1.96. The topological polar surface area (TPSA) is 43.8 Å². The molecule has 4 nitrogen and oxygen atoms in total. The number of amides is 1. The quantitative estimate of drug-likeness (QED) is 0.923. The fraction of sp³-hybridized carbons (Fsp3) is 0.278. The van der Waals surface area contributed by atoms with Gasteiger partial charge < -0.3 is 10.0 Å². The average molecular weight is 296 g/mol. The second-order valence-electron chi connectivity index (χ2n) is 5.65. The highest BCUT2D eigenvalue weighted by atomic mass is 16.4. The first-order valence-corrected chi connectivity index (χ1v) is 7.49. The van der Waals surface area contributed by atoms with Crippen molar-refractivity contribution in [3.05, 3.63) is 65.5 Å². The molecule has 0 spiro atoms. The zero-order valence-corrected chi connectivity index (χ0v) is 12.7. The van der Waals surface area contributed by atoms with Crippen LogP contribution in [-0.2, 0) is 6.42 Å². The van der Waals surface area contributed by atoms with Crippen LogP contribution in [0.2, 0.25) is 0 Å². The third-order valence-electron chi connectivity index (χ3n) is 4.38. The number of benzene rings is 1. The zero-order chi connectivity index (χ0) is 15.7. The van der Waals surface area contributed by atoms with Crippen molar-refractivity contribution >= 4 is 11.8 Å². The van der Waals surface area contributed by atoms with E-state index in [1.54, 1.807) is 13.1 Å². The molecule has 22 heavy (non-hydrogen) atoms. The molecule has 0 radical (unpaired) electrons. The van der Waals surface area contributed by atoms with Crippen LogP contribution in [0.15, 0.2) is 60.0 Å². The molecule has 1 N–H and O–H groups in total. The molecule has 0 atom stereocenters. The van der Waals surface area contributed by atoms with Gasteiger partial charge >= 0.3 is 6.09 Å². The van der Waals surface area contributed by atoms with E-state index in [4.69, 9.17) is 0 Å². The summed E-state index contributed by atoms with van der Waals surface area (Å²) in [5.41, 5.74) is 5.42. The van der Waals surface area contributed by atoms with Crippen molar-refractivity contribution in [2.24, 2.45) is 0 Å². The van der Waals surface area contributed by atoms with Crippen molar-refractivity contribution in [2.75, 3.05) is 18.5 Å². The maximum Gasteiger partial charge on any atom is 0.411 e. The molecule has 0 aromatic heterocycles. The monoisotopic (exact) mass is 296 g/mol. The average Bonchev–Trinajstić information content (AvgIpc) is 3.11. The minimum Gasteiger partial charge on any atom is -0.465 e. The molecule has 0 bridgehead atoms. The first-order valence-electron chi connectivity index (χ1n) is 7.49. The maximum atomic E-state index is 11.3. The molecule has 1 amide bonds. The van der Waals surface area contributed by atoms with Gasteiger partial charge in [-0.15, -0.1) is 0 Å². The first kappa shape index (κ1) is 14.4. The number of allylic oxidation sites excluding steroid dienone is 3. The molecule has 1 aliphatic carbocycles. The summed E-state index contributed by atoms with van der Waals surface area (Å²) in [6.07, 6.45) is 5.67. The van der Waals surface area contributed by atoms with Crippen LogP contribution in [0.5, 0.6) is 0 Å². The third kappa shape index (κ3) is 2.41. The highest BCUT2D eigenvalue weighted by molar-refractivity contribution is 5.71. The van der Waals surface area contributed by atoms with Crippen LogP contribution in [0.25, 0.3) is 0 Å². The summed E-state index contributed by atoms with van der Waals surface area (Å²) in [5.74, 6) is 0. The molecule has 0 saturated carbocycles. The van der Waals surface area contributed by atoms with E-state index in [9.17, 15) is 9.90 Å². The largest absolute Gasteiger partial charge is 0.465 e. The number of hydrogen-bond acceptors (Lipinski definition) is 2. The van der Waals surface area contributed by atoms with Crippen molar-refractivity contribution in [1.29, 1.82) is 0 Å². The summed E-state index contributed by atoms with van der Waals surface area (Å²) in [6.45, 7) is 4.76. The predicted molar refractivity (Wildman–Crippen MR) is 87.8 cm³/mol. The molecule has 2 aliphatic rings. The van der Waals surface area contributed by atoms with Crippen LogP contribution in [0, 0.1) is 0 Å². The summed E-state index contributed by atoms with van der Waals surface area (Å²) < 4.78 is 0. The van der Waals surface area contributed by atoms with Crippen LogP contribution < -0.4 is 4.90 Å². The number of fused-ring (bicyclic) bond motifs is 1. The van der Waals surface area contributed by atoms with Crippen LogP contribution in [0.1, 0.15) is 18.4 Å². The minimum absolute atomic E-state index is 0.784. The van der Waals surface area contributed by atoms with Crippen molar-refractivity contribution in [3.63, 3.8) is 0 Å².